The van der Waals surface area contributed by atoms with E-state index in [2.05, 4.69) is 41.1 Å². The number of hydrogen-bond donors (Lipinski definition) is 0. The Morgan fingerprint density at radius 3 is 2.75 bits per heavy atom. The van der Waals surface area contributed by atoms with E-state index in [1.807, 2.05) is 4.68 Å². The van der Waals surface area contributed by atoms with Gasteiger partial charge in [0, 0.05) is 12.7 Å². The van der Waals surface area contributed by atoms with Crippen LogP contribution in [-0.2, 0) is 13.0 Å². The third-order valence-electron chi connectivity index (χ3n) is 1.86. The SMILES string of the molecule is CCCCn1cc(Br)c(CC)n1. The molecule has 0 unspecified atom stereocenters. The first-order chi connectivity index (χ1) is 5.77. The van der Waals surface area contributed by atoms with Crippen LogP contribution in [0.15, 0.2) is 10.7 Å². The van der Waals surface area contributed by atoms with Crippen molar-refractivity contribution in [3.8, 4) is 0 Å². The van der Waals surface area contributed by atoms with Crippen LogP contribution in [0.25, 0.3) is 0 Å². The van der Waals surface area contributed by atoms with Crippen molar-refractivity contribution in [2.24, 2.45) is 0 Å². The Morgan fingerprint density at radius 1 is 1.50 bits per heavy atom. The van der Waals surface area contributed by atoms with Crippen LogP contribution in [0.2, 0.25) is 0 Å². The molecule has 68 valence electrons. The van der Waals surface area contributed by atoms with Crippen LogP contribution in [0.4, 0.5) is 0 Å². The van der Waals surface area contributed by atoms with Gasteiger partial charge in [-0.2, -0.15) is 5.10 Å². The molecular formula is C9H15BrN2. The van der Waals surface area contributed by atoms with Crippen LogP contribution in [-0.4, -0.2) is 9.78 Å². The number of rotatable bonds is 4. The fraction of sp³-hybridized carbons (Fsp3) is 0.667. The van der Waals surface area contributed by atoms with Crippen molar-refractivity contribution in [3.63, 3.8) is 0 Å². The molecule has 3 heteroatoms. The molecule has 12 heavy (non-hydrogen) atoms. The van der Waals surface area contributed by atoms with Crippen molar-refractivity contribution < 1.29 is 0 Å². The molecule has 2 nitrogen and oxygen atoms in total. The van der Waals surface area contributed by atoms with Gasteiger partial charge in [0.2, 0.25) is 0 Å². The first-order valence-corrected chi connectivity index (χ1v) is 5.29. The summed E-state index contributed by atoms with van der Waals surface area (Å²) in [6.45, 7) is 5.35. The van der Waals surface area contributed by atoms with E-state index >= 15 is 0 Å². The molecule has 0 aliphatic carbocycles. The second-order valence-corrected chi connectivity index (χ2v) is 3.75. The monoisotopic (exact) mass is 230 g/mol. The predicted octanol–water partition coefficient (Wildman–Crippen LogP) is 3.01. The molecule has 0 saturated heterocycles. The second kappa shape index (κ2) is 4.65. The highest BCUT2D eigenvalue weighted by Crippen LogP contribution is 2.15. The maximum Gasteiger partial charge on any atom is 0.0763 e. The van der Waals surface area contributed by atoms with E-state index in [1.54, 1.807) is 0 Å². The van der Waals surface area contributed by atoms with Crippen LogP contribution >= 0.6 is 15.9 Å². The van der Waals surface area contributed by atoms with E-state index in [-0.39, 0.29) is 0 Å². The molecule has 0 spiro atoms. The van der Waals surface area contributed by atoms with E-state index in [0.717, 1.165) is 23.1 Å². The molecule has 1 rings (SSSR count). The summed E-state index contributed by atoms with van der Waals surface area (Å²) < 4.78 is 3.16. The maximum atomic E-state index is 4.44. The Kier molecular flexibility index (Phi) is 3.79. The smallest absolute Gasteiger partial charge is 0.0763 e. The summed E-state index contributed by atoms with van der Waals surface area (Å²) in [4.78, 5) is 0. The maximum absolute atomic E-state index is 4.44. The lowest BCUT2D eigenvalue weighted by atomic mass is 10.3. The lowest BCUT2D eigenvalue weighted by Crippen LogP contribution is -1.98. The third-order valence-corrected chi connectivity index (χ3v) is 2.53. The number of hydrogen-bond acceptors (Lipinski definition) is 1. The molecule has 0 N–H and O–H groups in total. The van der Waals surface area contributed by atoms with Crippen LogP contribution < -0.4 is 0 Å². The molecule has 0 saturated carbocycles. The molecule has 1 aromatic heterocycles. The lowest BCUT2D eigenvalue weighted by Gasteiger charge is -1.97. The van der Waals surface area contributed by atoms with E-state index in [4.69, 9.17) is 0 Å². The molecule has 1 heterocycles. The quantitative estimate of drug-likeness (QED) is 0.778. The normalized spacial score (nSPS) is 10.6. The van der Waals surface area contributed by atoms with Crippen molar-refractivity contribution in [2.45, 2.75) is 39.7 Å². The number of unbranched alkanes of at least 4 members (excludes halogenated alkanes) is 1. The minimum Gasteiger partial charge on any atom is -0.271 e. The summed E-state index contributed by atoms with van der Waals surface area (Å²) in [5.41, 5.74) is 1.16. The summed E-state index contributed by atoms with van der Waals surface area (Å²) in [7, 11) is 0. The van der Waals surface area contributed by atoms with Gasteiger partial charge in [-0.25, -0.2) is 0 Å². The van der Waals surface area contributed by atoms with E-state index in [0.29, 0.717) is 0 Å². The van der Waals surface area contributed by atoms with E-state index in [1.165, 1.54) is 12.8 Å². The molecular weight excluding hydrogens is 216 g/mol. The zero-order valence-electron chi connectivity index (χ0n) is 7.68. The topological polar surface area (TPSA) is 17.8 Å². The van der Waals surface area contributed by atoms with Gasteiger partial charge in [0.15, 0.2) is 0 Å². The first-order valence-electron chi connectivity index (χ1n) is 4.49. The summed E-state index contributed by atoms with van der Waals surface area (Å²) >= 11 is 3.49. The molecule has 0 aliphatic rings. The minimum absolute atomic E-state index is 1.000. The van der Waals surface area contributed by atoms with Gasteiger partial charge in [0.05, 0.1) is 10.2 Å². The molecule has 0 atom stereocenters. The van der Waals surface area contributed by atoms with Crippen molar-refractivity contribution in [1.82, 2.24) is 9.78 Å². The average molecular weight is 231 g/mol. The molecule has 0 bridgehead atoms. The molecule has 1 aromatic rings. The molecule has 0 amide bonds. The van der Waals surface area contributed by atoms with E-state index < -0.39 is 0 Å². The van der Waals surface area contributed by atoms with Gasteiger partial charge in [0.1, 0.15) is 0 Å². The number of aromatic nitrogens is 2. The summed E-state index contributed by atoms with van der Waals surface area (Å²) in [5.74, 6) is 0. The Bertz CT molecular complexity index is 243. The van der Waals surface area contributed by atoms with Gasteiger partial charge in [0.25, 0.3) is 0 Å². The van der Waals surface area contributed by atoms with Crippen LogP contribution in [0.3, 0.4) is 0 Å². The third kappa shape index (κ3) is 2.34. The lowest BCUT2D eigenvalue weighted by molar-refractivity contribution is 0.566. The van der Waals surface area contributed by atoms with Gasteiger partial charge < -0.3 is 0 Å². The Balaban J connectivity index is 2.62. The van der Waals surface area contributed by atoms with E-state index in [9.17, 15) is 0 Å². The number of halogens is 1. The Hall–Kier alpha value is -0.310. The standard InChI is InChI=1S/C9H15BrN2/c1-3-5-6-12-7-8(10)9(4-2)11-12/h7H,3-6H2,1-2H3. The van der Waals surface area contributed by atoms with Crippen molar-refractivity contribution in [3.05, 3.63) is 16.4 Å². The van der Waals surface area contributed by atoms with Crippen LogP contribution in [0, 0.1) is 0 Å². The van der Waals surface area contributed by atoms with Crippen molar-refractivity contribution >= 4 is 15.9 Å². The highest BCUT2D eigenvalue weighted by atomic mass is 79.9. The molecule has 0 fully saturated rings. The van der Waals surface area contributed by atoms with Crippen molar-refractivity contribution in [2.75, 3.05) is 0 Å². The zero-order chi connectivity index (χ0) is 8.97. The highest BCUT2D eigenvalue weighted by Gasteiger charge is 2.02. The Labute approximate surface area is 82.1 Å². The van der Waals surface area contributed by atoms with Gasteiger partial charge in [-0.05, 0) is 28.8 Å². The predicted molar refractivity (Wildman–Crippen MR) is 54.2 cm³/mol. The van der Waals surface area contributed by atoms with Gasteiger partial charge >= 0.3 is 0 Å². The van der Waals surface area contributed by atoms with Crippen molar-refractivity contribution in [1.29, 1.82) is 0 Å². The van der Waals surface area contributed by atoms with Gasteiger partial charge in [-0.1, -0.05) is 20.3 Å². The Morgan fingerprint density at radius 2 is 2.25 bits per heavy atom. The minimum atomic E-state index is 1.000. The fourth-order valence-electron chi connectivity index (χ4n) is 1.11. The molecule has 0 aliphatic heterocycles. The average Bonchev–Trinajstić information content (AvgIpc) is 2.43. The second-order valence-electron chi connectivity index (χ2n) is 2.89. The zero-order valence-corrected chi connectivity index (χ0v) is 9.26. The molecule has 0 aromatic carbocycles. The summed E-state index contributed by atoms with van der Waals surface area (Å²) in [5, 5.41) is 4.44. The fourth-order valence-corrected chi connectivity index (χ4v) is 1.71. The number of aryl methyl sites for hydroxylation is 2. The largest absolute Gasteiger partial charge is 0.271 e. The molecule has 0 radical (unpaired) electrons. The highest BCUT2D eigenvalue weighted by molar-refractivity contribution is 9.10. The summed E-state index contributed by atoms with van der Waals surface area (Å²) in [6.07, 6.45) is 5.49. The van der Waals surface area contributed by atoms with Gasteiger partial charge in [-0.15, -0.1) is 0 Å². The first kappa shape index (κ1) is 9.78. The van der Waals surface area contributed by atoms with Gasteiger partial charge in [-0.3, -0.25) is 4.68 Å². The summed E-state index contributed by atoms with van der Waals surface area (Å²) in [6, 6.07) is 0. The van der Waals surface area contributed by atoms with Crippen LogP contribution in [0.5, 0.6) is 0 Å². The van der Waals surface area contributed by atoms with Crippen LogP contribution in [0.1, 0.15) is 32.4 Å². The number of nitrogens with zero attached hydrogens (tertiary/aromatic N) is 2.